The number of hydrogen-bond acceptors (Lipinski definition) is 5. The minimum absolute atomic E-state index is 0.117. The van der Waals surface area contributed by atoms with Crippen LogP contribution in [0.2, 0.25) is 0 Å². The highest BCUT2D eigenvalue weighted by Gasteiger charge is 2.19. The highest BCUT2D eigenvalue weighted by molar-refractivity contribution is 7.92. The van der Waals surface area contributed by atoms with Crippen molar-refractivity contribution in [2.45, 2.75) is 59.4 Å². The molecule has 0 aliphatic rings. The topological polar surface area (TPSA) is 84.9 Å². The van der Waals surface area contributed by atoms with Gasteiger partial charge >= 0.3 is 0 Å². The van der Waals surface area contributed by atoms with Gasteiger partial charge in [-0.1, -0.05) is 13.8 Å². The molecule has 0 radical (unpaired) electrons. The van der Waals surface area contributed by atoms with Crippen LogP contribution in [0, 0.1) is 6.92 Å². The molecule has 0 aromatic heterocycles. The lowest BCUT2D eigenvalue weighted by molar-refractivity contribution is -0.121. The van der Waals surface area contributed by atoms with Gasteiger partial charge in [0.15, 0.2) is 0 Å². The van der Waals surface area contributed by atoms with E-state index in [0.29, 0.717) is 30.4 Å². The van der Waals surface area contributed by atoms with Gasteiger partial charge in [0.05, 0.1) is 31.7 Å². The molecule has 8 heteroatoms. The number of nitrogens with zero attached hydrogens (tertiary/aromatic N) is 1. The largest absolute Gasteiger partial charge is 0.496 e. The van der Waals surface area contributed by atoms with E-state index in [0.717, 1.165) is 22.4 Å². The minimum Gasteiger partial charge on any atom is -0.496 e. The predicted octanol–water partition coefficient (Wildman–Crippen LogP) is 4.95. The van der Waals surface area contributed by atoms with E-state index in [1.807, 2.05) is 26.8 Å². The molecular formula is C26H38N2O5S. The molecule has 1 atom stereocenters. The second-order valence-corrected chi connectivity index (χ2v) is 10.7. The summed E-state index contributed by atoms with van der Waals surface area (Å²) in [5.74, 6) is 1.71. The lowest BCUT2D eigenvalue weighted by Gasteiger charge is -2.23. The van der Waals surface area contributed by atoms with Gasteiger partial charge in [0, 0.05) is 13.0 Å². The zero-order valence-electron chi connectivity index (χ0n) is 21.3. The molecule has 34 heavy (non-hydrogen) atoms. The molecule has 0 aliphatic heterocycles. The van der Waals surface area contributed by atoms with Gasteiger partial charge in [-0.3, -0.25) is 9.10 Å². The molecule has 2 aromatic carbocycles. The monoisotopic (exact) mass is 490 g/mol. The van der Waals surface area contributed by atoms with Gasteiger partial charge in [0.2, 0.25) is 15.9 Å². The van der Waals surface area contributed by atoms with E-state index >= 15 is 0 Å². The van der Waals surface area contributed by atoms with Gasteiger partial charge in [0.1, 0.15) is 11.5 Å². The predicted molar refractivity (Wildman–Crippen MR) is 137 cm³/mol. The average molecular weight is 491 g/mol. The van der Waals surface area contributed by atoms with Crippen molar-refractivity contribution in [1.29, 1.82) is 0 Å². The summed E-state index contributed by atoms with van der Waals surface area (Å²) in [4.78, 5) is 12.6. The lowest BCUT2D eigenvalue weighted by Crippen LogP contribution is -2.32. The summed E-state index contributed by atoms with van der Waals surface area (Å²) < 4.78 is 36.9. The molecular weight excluding hydrogens is 452 g/mol. The van der Waals surface area contributed by atoms with E-state index in [-0.39, 0.29) is 24.9 Å². The quantitative estimate of drug-likeness (QED) is 0.455. The number of aryl methyl sites for hydroxylation is 1. The second kappa shape index (κ2) is 12.1. The summed E-state index contributed by atoms with van der Waals surface area (Å²) in [6.07, 6.45) is 1.79. The maximum absolute atomic E-state index is 12.6. The fourth-order valence-corrected chi connectivity index (χ4v) is 4.91. The Kier molecular flexibility index (Phi) is 9.79. The number of sulfonamides is 1. The van der Waals surface area contributed by atoms with Crippen molar-refractivity contribution in [2.75, 3.05) is 30.8 Å². The summed E-state index contributed by atoms with van der Waals surface area (Å²) in [6, 6.07) is 10.9. The molecule has 0 heterocycles. The summed E-state index contributed by atoms with van der Waals surface area (Å²) in [6.45, 7) is 10.8. The fourth-order valence-electron chi connectivity index (χ4n) is 3.95. The number of methoxy groups -OCH3 is 1. The number of rotatable bonds is 12. The molecule has 0 bridgehead atoms. The zero-order valence-corrected chi connectivity index (χ0v) is 22.2. The Hall–Kier alpha value is -2.74. The Morgan fingerprint density at radius 2 is 1.74 bits per heavy atom. The van der Waals surface area contributed by atoms with Crippen LogP contribution in [0.1, 0.15) is 69.2 Å². The molecule has 1 N–H and O–H groups in total. The summed E-state index contributed by atoms with van der Waals surface area (Å²) in [7, 11) is -1.82. The number of ether oxygens (including phenoxy) is 2. The summed E-state index contributed by atoms with van der Waals surface area (Å²) >= 11 is 0. The molecule has 2 aromatic rings. The van der Waals surface area contributed by atoms with E-state index in [1.54, 1.807) is 31.4 Å². The highest BCUT2D eigenvalue weighted by atomic mass is 32.2. The molecule has 0 aliphatic carbocycles. The van der Waals surface area contributed by atoms with Crippen molar-refractivity contribution in [3.8, 4) is 11.5 Å². The molecule has 0 fully saturated rings. The molecule has 0 spiro atoms. The van der Waals surface area contributed by atoms with Crippen LogP contribution in [0.4, 0.5) is 5.69 Å². The molecule has 1 amide bonds. The maximum Gasteiger partial charge on any atom is 0.232 e. The molecule has 0 saturated heterocycles. The fraction of sp³-hybridized carbons (Fsp3) is 0.500. The van der Waals surface area contributed by atoms with E-state index in [1.165, 1.54) is 10.6 Å². The van der Waals surface area contributed by atoms with Crippen molar-refractivity contribution >= 4 is 21.6 Å². The van der Waals surface area contributed by atoms with Crippen LogP contribution in [0.5, 0.6) is 11.5 Å². The van der Waals surface area contributed by atoms with Crippen LogP contribution >= 0.6 is 0 Å². The van der Waals surface area contributed by atoms with Crippen LogP contribution in [0.3, 0.4) is 0 Å². The first-order chi connectivity index (χ1) is 16.0. The second-order valence-electron chi connectivity index (χ2n) is 8.76. The van der Waals surface area contributed by atoms with Gasteiger partial charge in [0.25, 0.3) is 0 Å². The van der Waals surface area contributed by atoms with Gasteiger partial charge in [-0.15, -0.1) is 0 Å². The van der Waals surface area contributed by atoms with E-state index < -0.39 is 10.0 Å². The van der Waals surface area contributed by atoms with Crippen molar-refractivity contribution < 1.29 is 22.7 Å². The van der Waals surface area contributed by atoms with Gasteiger partial charge < -0.3 is 14.8 Å². The number of amides is 1. The Bertz CT molecular complexity index is 1070. The Labute approximate surface area is 204 Å². The van der Waals surface area contributed by atoms with Gasteiger partial charge in [-0.05, 0) is 86.2 Å². The Morgan fingerprint density at radius 3 is 2.26 bits per heavy atom. The van der Waals surface area contributed by atoms with Crippen LogP contribution < -0.4 is 19.1 Å². The third-order valence-corrected chi connectivity index (χ3v) is 6.88. The minimum atomic E-state index is -3.48. The first-order valence-electron chi connectivity index (χ1n) is 11.7. The van der Waals surface area contributed by atoms with Crippen LogP contribution in [0.25, 0.3) is 0 Å². The molecule has 0 saturated carbocycles. The van der Waals surface area contributed by atoms with E-state index in [2.05, 4.69) is 25.2 Å². The van der Waals surface area contributed by atoms with Crippen LogP contribution in [-0.2, 0) is 14.8 Å². The third kappa shape index (κ3) is 7.38. The average Bonchev–Trinajstić information content (AvgIpc) is 2.76. The number of hydrogen-bond donors (Lipinski definition) is 1. The van der Waals surface area contributed by atoms with E-state index in [4.69, 9.17) is 9.47 Å². The smallest absolute Gasteiger partial charge is 0.232 e. The first kappa shape index (κ1) is 27.5. The van der Waals surface area contributed by atoms with Crippen LogP contribution in [-0.4, -0.2) is 40.8 Å². The molecule has 7 nitrogen and oxygen atoms in total. The SMILES string of the molecule is CCOc1ccc(N(CCCC(=O)NC(C)c2cc(C(C)C)c(OC)cc2C)S(C)(=O)=O)cc1. The van der Waals surface area contributed by atoms with Gasteiger partial charge in [-0.25, -0.2) is 8.42 Å². The Morgan fingerprint density at radius 1 is 1.09 bits per heavy atom. The molecule has 2 rings (SSSR count). The normalized spacial score (nSPS) is 12.4. The number of anilines is 1. The summed E-state index contributed by atoms with van der Waals surface area (Å²) in [5.41, 5.74) is 3.75. The standard InChI is InChI=1S/C26H38N2O5S/c1-8-33-22-13-11-21(12-14-22)28(34(7,30)31)15-9-10-26(29)27-20(5)24-17-23(18(2)3)25(32-6)16-19(24)4/h11-14,16-18,20H,8-10,15H2,1-7H3,(H,27,29). The molecule has 1 unspecified atom stereocenters. The molecule has 188 valence electrons. The van der Waals surface area contributed by atoms with Crippen molar-refractivity contribution in [2.24, 2.45) is 0 Å². The number of carbonyl (C=O) groups excluding carboxylic acids is 1. The first-order valence-corrected chi connectivity index (χ1v) is 13.5. The Balaban J connectivity index is 2.02. The van der Waals surface area contributed by atoms with Crippen molar-refractivity contribution in [3.63, 3.8) is 0 Å². The third-order valence-electron chi connectivity index (χ3n) is 5.69. The van der Waals surface area contributed by atoms with E-state index in [9.17, 15) is 13.2 Å². The number of nitrogens with one attached hydrogen (secondary N) is 1. The lowest BCUT2D eigenvalue weighted by atomic mass is 9.93. The van der Waals surface area contributed by atoms with Crippen LogP contribution in [0.15, 0.2) is 36.4 Å². The maximum atomic E-state index is 12.6. The van der Waals surface area contributed by atoms with Gasteiger partial charge in [-0.2, -0.15) is 0 Å². The van der Waals surface area contributed by atoms with Crippen molar-refractivity contribution in [1.82, 2.24) is 5.32 Å². The number of carbonyl (C=O) groups is 1. The zero-order chi connectivity index (χ0) is 25.5. The summed E-state index contributed by atoms with van der Waals surface area (Å²) in [5, 5.41) is 3.05. The van der Waals surface area contributed by atoms with Crippen molar-refractivity contribution in [3.05, 3.63) is 53.1 Å². The number of benzene rings is 2. The highest BCUT2D eigenvalue weighted by Crippen LogP contribution is 2.32.